The first-order valence-corrected chi connectivity index (χ1v) is 8.18. The van der Waals surface area contributed by atoms with Gasteiger partial charge in [0.15, 0.2) is 12.1 Å². The first kappa shape index (κ1) is 19.5. The molecular weight excluding hydrogens is 369 g/mol. The van der Waals surface area contributed by atoms with Gasteiger partial charge in [-0.25, -0.2) is 4.79 Å². The monoisotopic (exact) mass is 387 g/mol. The minimum Gasteiger partial charge on any atom is -0.359 e. The number of amides is 2. The Morgan fingerprint density at radius 3 is 2.40 bits per heavy atom. The van der Waals surface area contributed by atoms with Gasteiger partial charge in [0.2, 0.25) is 0 Å². The van der Waals surface area contributed by atoms with Crippen molar-refractivity contribution in [1.82, 2.24) is 10.5 Å². The van der Waals surface area contributed by atoms with Crippen LogP contribution in [-0.2, 0) is 9.47 Å². The van der Waals surface area contributed by atoms with Crippen molar-refractivity contribution in [2.75, 3.05) is 19.5 Å². The van der Waals surface area contributed by atoms with E-state index in [0.29, 0.717) is 32.8 Å². The first-order valence-electron chi connectivity index (χ1n) is 7.42. The summed E-state index contributed by atoms with van der Waals surface area (Å²) >= 11 is 12.4. The number of anilines is 1. The van der Waals surface area contributed by atoms with Gasteiger partial charge in [-0.3, -0.25) is 0 Å². The number of carbonyl (C=O) groups is 1. The van der Waals surface area contributed by atoms with Gasteiger partial charge in [0.1, 0.15) is 11.4 Å². The van der Waals surface area contributed by atoms with Crippen LogP contribution >= 0.6 is 23.2 Å². The summed E-state index contributed by atoms with van der Waals surface area (Å²) in [6.45, 7) is 3.43. The minimum absolute atomic E-state index is 0.353. The van der Waals surface area contributed by atoms with Crippen LogP contribution in [0.3, 0.4) is 0 Å². The number of urea groups is 1. The SMILES string of the molecule is COC(OC)[C@@H](C)NC(=O)Nc1c(-c2c(Cl)cccc2Cl)noc1C. The molecule has 2 aromatic rings. The molecule has 0 saturated heterocycles. The Labute approximate surface area is 155 Å². The molecule has 2 N–H and O–H groups in total. The molecule has 0 radical (unpaired) electrons. The van der Waals surface area contributed by atoms with Crippen LogP contribution in [0.25, 0.3) is 11.3 Å². The van der Waals surface area contributed by atoms with E-state index in [0.717, 1.165) is 0 Å². The maximum Gasteiger partial charge on any atom is 0.319 e. The van der Waals surface area contributed by atoms with E-state index in [-0.39, 0.29) is 6.04 Å². The first-order chi connectivity index (χ1) is 11.9. The summed E-state index contributed by atoms with van der Waals surface area (Å²) < 4.78 is 15.4. The van der Waals surface area contributed by atoms with E-state index >= 15 is 0 Å². The van der Waals surface area contributed by atoms with Crippen molar-refractivity contribution in [1.29, 1.82) is 0 Å². The quantitative estimate of drug-likeness (QED) is 0.729. The van der Waals surface area contributed by atoms with Crippen molar-refractivity contribution in [2.45, 2.75) is 26.2 Å². The van der Waals surface area contributed by atoms with Crippen LogP contribution in [0.5, 0.6) is 0 Å². The zero-order chi connectivity index (χ0) is 18.6. The second-order valence-corrected chi connectivity index (χ2v) is 6.10. The Morgan fingerprint density at radius 1 is 1.24 bits per heavy atom. The fourth-order valence-electron chi connectivity index (χ4n) is 2.34. The Morgan fingerprint density at radius 2 is 1.84 bits per heavy atom. The number of carbonyl (C=O) groups excluding carboxylic acids is 1. The van der Waals surface area contributed by atoms with E-state index in [4.69, 9.17) is 37.2 Å². The molecule has 1 heterocycles. The lowest BCUT2D eigenvalue weighted by molar-refractivity contribution is -0.117. The molecule has 7 nitrogen and oxygen atoms in total. The summed E-state index contributed by atoms with van der Waals surface area (Å²) in [4.78, 5) is 12.3. The van der Waals surface area contributed by atoms with Crippen molar-refractivity contribution < 1.29 is 18.8 Å². The molecule has 9 heteroatoms. The number of hydrogen-bond donors (Lipinski definition) is 2. The van der Waals surface area contributed by atoms with Crippen LogP contribution < -0.4 is 10.6 Å². The van der Waals surface area contributed by atoms with Crippen molar-refractivity contribution in [3.8, 4) is 11.3 Å². The fraction of sp³-hybridized carbons (Fsp3) is 0.375. The molecule has 0 saturated carbocycles. The predicted octanol–water partition coefficient (Wildman–Crippen LogP) is 4.09. The van der Waals surface area contributed by atoms with Crippen molar-refractivity contribution in [3.05, 3.63) is 34.0 Å². The maximum atomic E-state index is 12.3. The van der Waals surface area contributed by atoms with Crippen molar-refractivity contribution in [3.63, 3.8) is 0 Å². The largest absolute Gasteiger partial charge is 0.359 e. The molecule has 0 aliphatic carbocycles. The average molecular weight is 388 g/mol. The van der Waals surface area contributed by atoms with E-state index in [1.165, 1.54) is 14.2 Å². The van der Waals surface area contributed by atoms with Gasteiger partial charge in [-0.15, -0.1) is 0 Å². The predicted molar refractivity (Wildman–Crippen MR) is 96.1 cm³/mol. The highest BCUT2D eigenvalue weighted by molar-refractivity contribution is 6.39. The number of halogens is 2. The number of nitrogens with one attached hydrogen (secondary N) is 2. The molecule has 1 aromatic heterocycles. The topological polar surface area (TPSA) is 85.6 Å². The third-order valence-electron chi connectivity index (χ3n) is 3.53. The Kier molecular flexibility index (Phi) is 6.66. The molecular formula is C16H19Cl2N3O4. The average Bonchev–Trinajstić information content (AvgIpc) is 2.89. The molecule has 0 bridgehead atoms. The van der Waals surface area contributed by atoms with Gasteiger partial charge in [0.05, 0.1) is 16.1 Å². The zero-order valence-corrected chi connectivity index (χ0v) is 15.7. The summed E-state index contributed by atoms with van der Waals surface area (Å²) in [5.41, 5.74) is 1.22. The van der Waals surface area contributed by atoms with Crippen molar-refractivity contribution >= 4 is 34.9 Å². The van der Waals surface area contributed by atoms with Gasteiger partial charge in [-0.1, -0.05) is 34.4 Å². The Balaban J connectivity index is 2.24. The third kappa shape index (κ3) is 4.43. The lowest BCUT2D eigenvalue weighted by Gasteiger charge is -2.22. The lowest BCUT2D eigenvalue weighted by Crippen LogP contribution is -2.44. The van der Waals surface area contributed by atoms with E-state index in [1.54, 1.807) is 32.0 Å². The summed E-state index contributed by atoms with van der Waals surface area (Å²) in [5, 5.41) is 10.2. The molecule has 2 amide bonds. The van der Waals surface area contributed by atoms with Crippen molar-refractivity contribution in [2.24, 2.45) is 0 Å². The lowest BCUT2D eigenvalue weighted by atomic mass is 10.1. The smallest absolute Gasteiger partial charge is 0.319 e. The van der Waals surface area contributed by atoms with E-state index in [9.17, 15) is 4.79 Å². The third-order valence-corrected chi connectivity index (χ3v) is 4.16. The van der Waals surface area contributed by atoms with E-state index in [1.807, 2.05) is 0 Å². The van der Waals surface area contributed by atoms with Crippen LogP contribution in [0.15, 0.2) is 22.7 Å². The number of nitrogens with zero attached hydrogens (tertiary/aromatic N) is 1. The summed E-state index contributed by atoms with van der Waals surface area (Å²) in [6, 6.07) is 4.23. The number of rotatable bonds is 6. The standard InChI is InChI=1S/C16H19Cl2N3O4/c1-8(15(23-3)24-4)19-16(22)20-13-9(2)25-21-14(13)12-10(17)6-5-7-11(12)18/h5-8,15H,1-4H3,(H2,19,20,22)/t8-/m1/s1. The van der Waals surface area contributed by atoms with Gasteiger partial charge < -0.3 is 24.6 Å². The molecule has 25 heavy (non-hydrogen) atoms. The number of benzene rings is 1. The zero-order valence-electron chi connectivity index (χ0n) is 14.2. The van der Waals surface area contributed by atoms with Crippen LogP contribution in [0.4, 0.5) is 10.5 Å². The summed E-state index contributed by atoms with van der Waals surface area (Å²) in [6.07, 6.45) is -0.577. The minimum atomic E-state index is -0.577. The highest BCUT2D eigenvalue weighted by atomic mass is 35.5. The highest BCUT2D eigenvalue weighted by Gasteiger charge is 2.23. The molecule has 0 fully saturated rings. The molecule has 0 aliphatic heterocycles. The normalized spacial score (nSPS) is 12.3. The summed E-state index contributed by atoms with van der Waals surface area (Å²) in [7, 11) is 2.98. The Hall–Kier alpha value is -1.80. The highest BCUT2D eigenvalue weighted by Crippen LogP contribution is 2.39. The van der Waals surface area contributed by atoms with Crippen LogP contribution in [0.1, 0.15) is 12.7 Å². The van der Waals surface area contributed by atoms with Gasteiger partial charge >= 0.3 is 6.03 Å². The molecule has 0 unspecified atom stereocenters. The molecule has 1 aromatic carbocycles. The summed E-state index contributed by atoms with van der Waals surface area (Å²) in [5.74, 6) is 0.420. The number of aryl methyl sites for hydroxylation is 1. The number of methoxy groups -OCH3 is 2. The maximum absolute atomic E-state index is 12.3. The van der Waals surface area contributed by atoms with Gasteiger partial charge in [-0.05, 0) is 26.0 Å². The van der Waals surface area contributed by atoms with Gasteiger partial charge in [0, 0.05) is 19.8 Å². The van der Waals surface area contributed by atoms with Gasteiger partial charge in [0.25, 0.3) is 0 Å². The van der Waals surface area contributed by atoms with E-state index < -0.39 is 12.3 Å². The molecule has 1 atom stereocenters. The number of hydrogen-bond acceptors (Lipinski definition) is 5. The second-order valence-electron chi connectivity index (χ2n) is 5.29. The van der Waals surface area contributed by atoms with Gasteiger partial charge in [-0.2, -0.15) is 0 Å². The molecule has 0 aliphatic rings. The fourth-order valence-corrected chi connectivity index (χ4v) is 2.92. The number of aromatic nitrogens is 1. The van der Waals surface area contributed by atoms with E-state index in [2.05, 4.69) is 15.8 Å². The molecule has 136 valence electrons. The van der Waals surface area contributed by atoms with Crippen LogP contribution in [0.2, 0.25) is 10.0 Å². The van der Waals surface area contributed by atoms with Crippen LogP contribution in [0, 0.1) is 6.92 Å². The molecule has 2 rings (SSSR count). The number of ether oxygens (including phenoxy) is 2. The van der Waals surface area contributed by atoms with Crippen LogP contribution in [-0.4, -0.2) is 37.7 Å². The molecule has 0 spiro atoms. The Bertz CT molecular complexity index is 727. The second kappa shape index (κ2) is 8.53.